The molecule has 1 amide bonds. The van der Waals surface area contributed by atoms with E-state index in [0.717, 1.165) is 9.87 Å². The van der Waals surface area contributed by atoms with E-state index < -0.39 is 15.9 Å². The number of hydrogen-bond donors (Lipinski definition) is 1. The predicted octanol–water partition coefficient (Wildman–Crippen LogP) is 2.42. The summed E-state index contributed by atoms with van der Waals surface area (Å²) in [5.74, 6) is 0.411. The number of hydrogen-bond acceptors (Lipinski definition) is 5. The van der Waals surface area contributed by atoms with Gasteiger partial charge in [-0.25, -0.2) is 13.4 Å². The number of sulfonamides is 1. The van der Waals surface area contributed by atoms with Gasteiger partial charge in [-0.3, -0.25) is 4.79 Å². The minimum absolute atomic E-state index is 0.0592. The summed E-state index contributed by atoms with van der Waals surface area (Å²) in [5.41, 5.74) is 0.961. The van der Waals surface area contributed by atoms with Crippen molar-refractivity contribution in [2.75, 3.05) is 26.0 Å². The summed E-state index contributed by atoms with van der Waals surface area (Å²) in [5, 5.41) is 2.57. The molecular formula is C16H18BrN3O4S. The van der Waals surface area contributed by atoms with E-state index in [1.807, 2.05) is 6.92 Å². The molecule has 0 bridgehead atoms. The quantitative estimate of drug-likeness (QED) is 0.764. The Labute approximate surface area is 155 Å². The second-order valence-electron chi connectivity index (χ2n) is 5.33. The normalized spacial score (nSPS) is 11.4. The summed E-state index contributed by atoms with van der Waals surface area (Å²) in [6, 6.07) is 7.86. The molecule has 0 aliphatic rings. The van der Waals surface area contributed by atoms with Crippen LogP contribution in [0.3, 0.4) is 0 Å². The Morgan fingerprint density at radius 2 is 2.04 bits per heavy atom. The van der Waals surface area contributed by atoms with E-state index >= 15 is 0 Å². The van der Waals surface area contributed by atoms with E-state index in [1.165, 1.54) is 26.3 Å². The van der Waals surface area contributed by atoms with Crippen molar-refractivity contribution in [1.29, 1.82) is 0 Å². The third kappa shape index (κ3) is 4.77. The first-order valence-corrected chi connectivity index (χ1v) is 9.49. The van der Waals surface area contributed by atoms with Gasteiger partial charge in [0.05, 0.1) is 23.0 Å². The standard InChI is InChI=1S/C16H18BrN3O4S/c1-11-4-7-15(18-9-11)19-16(21)10-20(2)25(22,23)12-5-6-14(24-3)13(17)8-12/h4-9H,10H2,1-3H3,(H,18,19,21). The van der Waals surface area contributed by atoms with E-state index in [9.17, 15) is 13.2 Å². The Bertz CT molecular complexity index is 869. The van der Waals surface area contributed by atoms with Gasteiger partial charge in [0.1, 0.15) is 11.6 Å². The van der Waals surface area contributed by atoms with Gasteiger partial charge in [-0.2, -0.15) is 4.31 Å². The van der Waals surface area contributed by atoms with Crippen molar-refractivity contribution in [2.45, 2.75) is 11.8 Å². The molecule has 0 saturated carbocycles. The van der Waals surface area contributed by atoms with Crippen molar-refractivity contribution in [1.82, 2.24) is 9.29 Å². The third-order valence-corrected chi connectivity index (χ3v) is 5.80. The Morgan fingerprint density at radius 1 is 1.32 bits per heavy atom. The summed E-state index contributed by atoms with van der Waals surface area (Å²) >= 11 is 3.25. The van der Waals surface area contributed by atoms with Gasteiger partial charge in [0, 0.05) is 13.2 Å². The Balaban J connectivity index is 2.10. The number of halogens is 1. The van der Waals surface area contributed by atoms with E-state index in [-0.39, 0.29) is 11.4 Å². The lowest BCUT2D eigenvalue weighted by molar-refractivity contribution is -0.116. The number of methoxy groups -OCH3 is 1. The molecular weight excluding hydrogens is 410 g/mol. The molecule has 0 radical (unpaired) electrons. The van der Waals surface area contributed by atoms with Crippen LogP contribution in [0.5, 0.6) is 5.75 Å². The summed E-state index contributed by atoms with van der Waals surface area (Å²) < 4.78 is 31.7. The van der Waals surface area contributed by atoms with Gasteiger partial charge in [-0.1, -0.05) is 6.07 Å². The fourth-order valence-corrected chi connectivity index (χ4v) is 3.84. The van der Waals surface area contributed by atoms with E-state index in [2.05, 4.69) is 26.2 Å². The number of aromatic nitrogens is 1. The Kier molecular flexibility index (Phi) is 6.15. The molecule has 0 spiro atoms. The zero-order chi connectivity index (χ0) is 18.6. The molecule has 1 aromatic carbocycles. The largest absolute Gasteiger partial charge is 0.496 e. The van der Waals surface area contributed by atoms with Crippen molar-refractivity contribution >= 4 is 37.7 Å². The molecule has 9 heteroatoms. The maximum Gasteiger partial charge on any atom is 0.243 e. The van der Waals surface area contributed by atoms with E-state index in [0.29, 0.717) is 16.0 Å². The monoisotopic (exact) mass is 427 g/mol. The summed E-state index contributed by atoms with van der Waals surface area (Å²) in [6.07, 6.45) is 1.62. The Hall–Kier alpha value is -1.97. The SMILES string of the molecule is COc1ccc(S(=O)(=O)N(C)CC(=O)Nc2ccc(C)cn2)cc1Br. The van der Waals surface area contributed by atoms with Crippen LogP contribution in [0.1, 0.15) is 5.56 Å². The highest BCUT2D eigenvalue weighted by atomic mass is 79.9. The highest BCUT2D eigenvalue weighted by Crippen LogP contribution is 2.28. The molecule has 2 aromatic rings. The van der Waals surface area contributed by atoms with Crippen molar-refractivity contribution in [3.63, 3.8) is 0 Å². The average Bonchev–Trinajstić information content (AvgIpc) is 2.56. The molecule has 0 aliphatic heterocycles. The van der Waals surface area contributed by atoms with Gasteiger partial charge >= 0.3 is 0 Å². The number of rotatable bonds is 6. The van der Waals surface area contributed by atoms with Crippen LogP contribution < -0.4 is 10.1 Å². The van der Waals surface area contributed by atoms with Crippen molar-refractivity contribution in [3.8, 4) is 5.75 Å². The van der Waals surface area contributed by atoms with Crippen LogP contribution in [0.2, 0.25) is 0 Å². The molecule has 0 unspecified atom stereocenters. The van der Waals surface area contributed by atoms with Gasteiger partial charge in [-0.15, -0.1) is 0 Å². The number of carbonyl (C=O) groups is 1. The first-order valence-electron chi connectivity index (χ1n) is 7.26. The van der Waals surface area contributed by atoms with Crippen molar-refractivity contribution < 1.29 is 17.9 Å². The number of amides is 1. The fraction of sp³-hybridized carbons (Fsp3) is 0.250. The number of nitrogens with one attached hydrogen (secondary N) is 1. The third-order valence-electron chi connectivity index (χ3n) is 3.38. The number of carbonyl (C=O) groups excluding carboxylic acids is 1. The second kappa shape index (κ2) is 7.94. The maximum atomic E-state index is 12.6. The maximum absolute atomic E-state index is 12.6. The summed E-state index contributed by atoms with van der Waals surface area (Å²) in [7, 11) is -0.981. The van der Waals surface area contributed by atoms with Gasteiger partial charge in [0.25, 0.3) is 0 Å². The van der Waals surface area contributed by atoms with Gasteiger partial charge < -0.3 is 10.1 Å². The molecule has 0 aliphatic carbocycles. The van der Waals surface area contributed by atoms with Crippen LogP contribution in [0.25, 0.3) is 0 Å². The number of pyridine rings is 1. The summed E-state index contributed by atoms with van der Waals surface area (Å²) in [4.78, 5) is 16.2. The molecule has 1 heterocycles. The zero-order valence-electron chi connectivity index (χ0n) is 14.0. The van der Waals surface area contributed by atoms with Crippen LogP contribution in [-0.4, -0.2) is 44.3 Å². The number of benzene rings is 1. The lowest BCUT2D eigenvalue weighted by atomic mass is 10.3. The van der Waals surface area contributed by atoms with Crippen LogP contribution in [-0.2, 0) is 14.8 Å². The molecule has 0 fully saturated rings. The van der Waals surface area contributed by atoms with Crippen LogP contribution in [0.4, 0.5) is 5.82 Å². The van der Waals surface area contributed by atoms with E-state index in [4.69, 9.17) is 4.74 Å². The van der Waals surface area contributed by atoms with Gasteiger partial charge in [0.15, 0.2) is 0 Å². The van der Waals surface area contributed by atoms with Crippen LogP contribution >= 0.6 is 15.9 Å². The second-order valence-corrected chi connectivity index (χ2v) is 8.23. The highest BCUT2D eigenvalue weighted by molar-refractivity contribution is 9.10. The minimum Gasteiger partial charge on any atom is -0.496 e. The first-order chi connectivity index (χ1) is 11.7. The van der Waals surface area contributed by atoms with Crippen LogP contribution in [0.15, 0.2) is 45.9 Å². The molecule has 25 heavy (non-hydrogen) atoms. The lowest BCUT2D eigenvalue weighted by Crippen LogP contribution is -2.35. The topological polar surface area (TPSA) is 88.6 Å². The molecule has 2 rings (SSSR count). The minimum atomic E-state index is -3.81. The molecule has 7 nitrogen and oxygen atoms in total. The molecule has 0 saturated heterocycles. The number of ether oxygens (including phenoxy) is 1. The Morgan fingerprint density at radius 3 is 2.60 bits per heavy atom. The number of nitrogens with zero attached hydrogens (tertiary/aromatic N) is 2. The molecule has 1 aromatic heterocycles. The number of aryl methyl sites for hydroxylation is 1. The number of anilines is 1. The molecule has 0 atom stereocenters. The zero-order valence-corrected chi connectivity index (χ0v) is 16.4. The summed E-state index contributed by atoms with van der Waals surface area (Å²) in [6.45, 7) is 1.55. The smallest absolute Gasteiger partial charge is 0.243 e. The first kappa shape index (κ1) is 19.4. The van der Waals surface area contributed by atoms with E-state index in [1.54, 1.807) is 24.4 Å². The van der Waals surface area contributed by atoms with Crippen molar-refractivity contribution in [3.05, 3.63) is 46.6 Å². The van der Waals surface area contributed by atoms with Gasteiger partial charge in [-0.05, 0) is 52.7 Å². The highest BCUT2D eigenvalue weighted by Gasteiger charge is 2.24. The van der Waals surface area contributed by atoms with Gasteiger partial charge in [0.2, 0.25) is 15.9 Å². The number of likely N-dealkylation sites (N-methyl/N-ethyl adjacent to an activating group) is 1. The fourth-order valence-electron chi connectivity index (χ4n) is 2.00. The van der Waals surface area contributed by atoms with Crippen molar-refractivity contribution in [2.24, 2.45) is 0 Å². The van der Waals surface area contributed by atoms with Crippen LogP contribution in [0, 0.1) is 6.92 Å². The predicted molar refractivity (Wildman–Crippen MR) is 98.1 cm³/mol. The lowest BCUT2D eigenvalue weighted by Gasteiger charge is -2.17. The molecule has 134 valence electrons. The average molecular weight is 428 g/mol. The molecule has 1 N–H and O–H groups in total.